The first-order chi connectivity index (χ1) is 7.32. The van der Waals surface area contributed by atoms with E-state index in [2.05, 4.69) is 29.8 Å². The lowest BCUT2D eigenvalue weighted by Gasteiger charge is -2.42. The molecule has 94 valence electrons. The average molecular weight is 292 g/mol. The first-order valence-corrected chi connectivity index (χ1v) is 6.82. The van der Waals surface area contributed by atoms with Crippen LogP contribution in [0, 0.1) is 16.7 Å². The van der Waals surface area contributed by atoms with E-state index in [0.717, 1.165) is 18.2 Å². The minimum atomic E-state index is -0.164. The maximum Gasteiger partial charge on any atom is 0.225 e. The van der Waals surface area contributed by atoms with Crippen molar-refractivity contribution < 1.29 is 9.90 Å². The molecule has 0 unspecified atom stereocenters. The monoisotopic (exact) mass is 291 g/mol. The van der Waals surface area contributed by atoms with Gasteiger partial charge in [-0.3, -0.25) is 4.79 Å². The number of aliphatic hydroxyl groups is 1. The van der Waals surface area contributed by atoms with Gasteiger partial charge in [0.05, 0.1) is 0 Å². The SMILES string of the molecule is CN(C)C(=O)[C@H]1CC[C@@](C)(CO)[C@]1(C)CBr. The Kier molecular flexibility index (Phi) is 4.06. The summed E-state index contributed by atoms with van der Waals surface area (Å²) in [4.78, 5) is 13.8. The normalized spacial score (nSPS) is 38.8. The van der Waals surface area contributed by atoms with Gasteiger partial charge in [-0.25, -0.2) is 0 Å². The number of alkyl halides is 1. The molecule has 1 aliphatic rings. The molecule has 0 aromatic carbocycles. The fourth-order valence-electron chi connectivity index (χ4n) is 2.71. The van der Waals surface area contributed by atoms with E-state index in [9.17, 15) is 9.90 Å². The number of nitrogens with zero attached hydrogens (tertiary/aromatic N) is 1. The molecule has 1 N–H and O–H groups in total. The Labute approximate surface area is 106 Å². The minimum Gasteiger partial charge on any atom is -0.396 e. The van der Waals surface area contributed by atoms with Crippen molar-refractivity contribution in [3.05, 3.63) is 0 Å². The van der Waals surface area contributed by atoms with E-state index in [4.69, 9.17) is 0 Å². The Balaban J connectivity index is 3.03. The lowest BCUT2D eigenvalue weighted by molar-refractivity contribution is -0.137. The number of hydrogen-bond donors (Lipinski definition) is 1. The van der Waals surface area contributed by atoms with Crippen LogP contribution < -0.4 is 0 Å². The maximum absolute atomic E-state index is 12.1. The number of hydrogen-bond acceptors (Lipinski definition) is 2. The first kappa shape index (κ1) is 14.0. The van der Waals surface area contributed by atoms with Crippen LogP contribution in [0.4, 0.5) is 0 Å². The maximum atomic E-state index is 12.1. The van der Waals surface area contributed by atoms with Gasteiger partial charge in [-0.05, 0) is 23.7 Å². The lowest BCUT2D eigenvalue weighted by atomic mass is 9.66. The Morgan fingerprint density at radius 3 is 2.44 bits per heavy atom. The molecule has 16 heavy (non-hydrogen) atoms. The molecule has 0 saturated heterocycles. The minimum absolute atomic E-state index is 0.0130. The predicted octanol–water partition coefficient (Wildman–Crippen LogP) is 1.88. The Morgan fingerprint density at radius 2 is 2.06 bits per heavy atom. The van der Waals surface area contributed by atoms with Crippen LogP contribution in [0.15, 0.2) is 0 Å². The summed E-state index contributed by atoms with van der Waals surface area (Å²) >= 11 is 3.52. The van der Waals surface area contributed by atoms with Crippen LogP contribution in [0.1, 0.15) is 26.7 Å². The molecule has 3 atom stereocenters. The van der Waals surface area contributed by atoms with Gasteiger partial charge in [-0.1, -0.05) is 29.8 Å². The van der Waals surface area contributed by atoms with E-state index < -0.39 is 0 Å². The number of amides is 1. The fraction of sp³-hybridized carbons (Fsp3) is 0.917. The van der Waals surface area contributed by atoms with Crippen molar-refractivity contribution in [3.8, 4) is 0 Å². The van der Waals surface area contributed by atoms with Crippen LogP contribution in [-0.4, -0.2) is 41.9 Å². The summed E-state index contributed by atoms with van der Waals surface area (Å²) in [6, 6.07) is 0. The molecule has 0 radical (unpaired) electrons. The molecule has 0 aliphatic heterocycles. The standard InChI is InChI=1S/C12H22BrNO2/c1-11(8-15)6-5-9(10(16)14(3)4)12(11,2)7-13/h9,15H,5-8H2,1-4H3/t9-,11+,12-/m1/s1. The molecule has 0 heterocycles. The fourth-order valence-corrected chi connectivity index (χ4v) is 3.78. The molecule has 0 bridgehead atoms. The van der Waals surface area contributed by atoms with Gasteiger partial charge in [-0.15, -0.1) is 0 Å². The summed E-state index contributed by atoms with van der Waals surface area (Å²) in [7, 11) is 3.59. The molecule has 0 spiro atoms. The van der Waals surface area contributed by atoms with Gasteiger partial charge in [0.25, 0.3) is 0 Å². The summed E-state index contributed by atoms with van der Waals surface area (Å²) < 4.78 is 0. The van der Waals surface area contributed by atoms with Crippen LogP contribution >= 0.6 is 15.9 Å². The van der Waals surface area contributed by atoms with Crippen LogP contribution in [0.5, 0.6) is 0 Å². The third kappa shape index (κ3) is 1.90. The number of rotatable bonds is 3. The summed E-state index contributed by atoms with van der Waals surface area (Å²) in [6.45, 7) is 4.33. The Hall–Kier alpha value is -0.0900. The molecule has 1 rings (SSSR count). The van der Waals surface area contributed by atoms with E-state index >= 15 is 0 Å². The van der Waals surface area contributed by atoms with E-state index in [1.54, 1.807) is 19.0 Å². The third-order valence-electron chi connectivity index (χ3n) is 4.50. The van der Waals surface area contributed by atoms with Crippen LogP contribution in [-0.2, 0) is 4.79 Å². The van der Waals surface area contributed by atoms with Gasteiger partial charge in [0.1, 0.15) is 0 Å². The molecule has 3 nitrogen and oxygen atoms in total. The predicted molar refractivity (Wildman–Crippen MR) is 68.5 cm³/mol. The summed E-state index contributed by atoms with van der Waals surface area (Å²) in [5.41, 5.74) is -0.323. The van der Waals surface area contributed by atoms with Gasteiger partial charge in [0.15, 0.2) is 0 Å². The van der Waals surface area contributed by atoms with E-state index in [0.29, 0.717) is 0 Å². The van der Waals surface area contributed by atoms with Crippen LogP contribution in [0.2, 0.25) is 0 Å². The summed E-state index contributed by atoms with van der Waals surface area (Å²) in [5, 5.41) is 10.3. The molecule has 1 amide bonds. The van der Waals surface area contributed by atoms with Gasteiger partial charge in [0, 0.05) is 32.0 Å². The van der Waals surface area contributed by atoms with E-state index in [1.807, 2.05) is 0 Å². The number of carbonyl (C=O) groups excluding carboxylic acids is 1. The summed E-state index contributed by atoms with van der Waals surface area (Å²) in [6.07, 6.45) is 1.78. The first-order valence-electron chi connectivity index (χ1n) is 5.70. The zero-order chi connectivity index (χ0) is 12.6. The van der Waals surface area contributed by atoms with Crippen molar-refractivity contribution in [1.29, 1.82) is 0 Å². The van der Waals surface area contributed by atoms with Crippen LogP contribution in [0.25, 0.3) is 0 Å². The topological polar surface area (TPSA) is 40.5 Å². The summed E-state index contributed by atoms with van der Waals surface area (Å²) in [5.74, 6) is 0.193. The molecular weight excluding hydrogens is 270 g/mol. The highest BCUT2D eigenvalue weighted by molar-refractivity contribution is 9.09. The Bertz CT molecular complexity index is 282. The second kappa shape index (κ2) is 4.65. The highest BCUT2D eigenvalue weighted by Gasteiger charge is 2.56. The van der Waals surface area contributed by atoms with Crippen molar-refractivity contribution in [1.82, 2.24) is 4.90 Å². The van der Waals surface area contributed by atoms with Gasteiger partial charge >= 0.3 is 0 Å². The number of halogens is 1. The molecule has 1 fully saturated rings. The smallest absolute Gasteiger partial charge is 0.225 e. The quantitative estimate of drug-likeness (QED) is 0.807. The Morgan fingerprint density at radius 1 is 1.50 bits per heavy atom. The van der Waals surface area contributed by atoms with E-state index in [1.165, 1.54) is 0 Å². The lowest BCUT2D eigenvalue weighted by Crippen LogP contribution is -2.46. The van der Waals surface area contributed by atoms with Crippen molar-refractivity contribution >= 4 is 21.8 Å². The molecular formula is C12H22BrNO2. The second-order valence-electron chi connectivity index (χ2n) is 5.59. The number of aliphatic hydroxyl groups excluding tert-OH is 1. The molecule has 1 saturated carbocycles. The highest BCUT2D eigenvalue weighted by atomic mass is 79.9. The molecule has 0 aromatic heterocycles. The number of carbonyl (C=O) groups is 1. The van der Waals surface area contributed by atoms with Gasteiger partial charge < -0.3 is 10.0 Å². The van der Waals surface area contributed by atoms with Gasteiger partial charge in [-0.2, -0.15) is 0 Å². The van der Waals surface area contributed by atoms with Crippen molar-refractivity contribution in [2.75, 3.05) is 26.0 Å². The van der Waals surface area contributed by atoms with Crippen LogP contribution in [0.3, 0.4) is 0 Å². The zero-order valence-electron chi connectivity index (χ0n) is 10.6. The molecule has 4 heteroatoms. The molecule has 0 aromatic rings. The van der Waals surface area contributed by atoms with Crippen molar-refractivity contribution in [3.63, 3.8) is 0 Å². The second-order valence-corrected chi connectivity index (χ2v) is 6.15. The zero-order valence-corrected chi connectivity index (χ0v) is 12.2. The average Bonchev–Trinajstić information content (AvgIpc) is 2.52. The van der Waals surface area contributed by atoms with Gasteiger partial charge in [0.2, 0.25) is 5.91 Å². The van der Waals surface area contributed by atoms with Crippen molar-refractivity contribution in [2.45, 2.75) is 26.7 Å². The largest absolute Gasteiger partial charge is 0.396 e. The van der Waals surface area contributed by atoms with Crippen molar-refractivity contribution in [2.24, 2.45) is 16.7 Å². The molecule has 1 aliphatic carbocycles. The third-order valence-corrected chi connectivity index (χ3v) is 5.66. The highest BCUT2D eigenvalue weighted by Crippen LogP contribution is 2.57. The van der Waals surface area contributed by atoms with E-state index in [-0.39, 0.29) is 29.3 Å².